The van der Waals surface area contributed by atoms with E-state index in [1.807, 2.05) is 4.68 Å². The predicted molar refractivity (Wildman–Crippen MR) is 89.4 cm³/mol. The Balaban J connectivity index is 1.29. The van der Waals surface area contributed by atoms with Gasteiger partial charge in [0.1, 0.15) is 17.5 Å². The van der Waals surface area contributed by atoms with E-state index in [0.717, 1.165) is 18.9 Å². The Morgan fingerprint density at radius 1 is 1.20 bits per heavy atom. The van der Waals surface area contributed by atoms with E-state index in [1.165, 1.54) is 18.6 Å². The minimum absolute atomic E-state index is 0.00507. The van der Waals surface area contributed by atoms with Crippen LogP contribution in [-0.4, -0.2) is 21.9 Å². The van der Waals surface area contributed by atoms with Gasteiger partial charge in [0, 0.05) is 18.2 Å². The van der Waals surface area contributed by atoms with Gasteiger partial charge in [-0.3, -0.25) is 5.32 Å². The van der Waals surface area contributed by atoms with Crippen LogP contribution < -0.4 is 10.6 Å². The number of halogens is 2. The number of carbonyl (C=O) groups excluding carboxylic acids is 1. The van der Waals surface area contributed by atoms with Gasteiger partial charge in [-0.25, -0.2) is 18.3 Å². The van der Waals surface area contributed by atoms with Gasteiger partial charge in [-0.1, -0.05) is 6.07 Å². The van der Waals surface area contributed by atoms with Crippen molar-refractivity contribution in [1.82, 2.24) is 15.1 Å². The highest BCUT2D eigenvalue weighted by atomic mass is 19.1. The lowest BCUT2D eigenvalue weighted by Crippen LogP contribution is -2.45. The van der Waals surface area contributed by atoms with Crippen molar-refractivity contribution >= 4 is 11.8 Å². The van der Waals surface area contributed by atoms with E-state index in [4.69, 9.17) is 0 Å². The minimum atomic E-state index is -0.572. The first-order valence-electron chi connectivity index (χ1n) is 8.66. The monoisotopic (exact) mass is 346 g/mol. The number of carbonyl (C=O) groups is 1. The zero-order valence-corrected chi connectivity index (χ0v) is 13.7. The summed E-state index contributed by atoms with van der Waals surface area (Å²) in [6.45, 7) is 0. The molecule has 7 heteroatoms. The molecule has 0 atom stereocenters. The van der Waals surface area contributed by atoms with Crippen LogP contribution in [0.25, 0.3) is 0 Å². The molecule has 2 fully saturated rings. The number of anilines is 1. The largest absolute Gasteiger partial charge is 0.335 e. The maximum atomic E-state index is 13.8. The van der Waals surface area contributed by atoms with E-state index in [1.54, 1.807) is 12.3 Å². The Hall–Kier alpha value is -2.44. The first-order valence-corrected chi connectivity index (χ1v) is 8.66. The fraction of sp³-hybridized carbons (Fsp3) is 0.444. The van der Waals surface area contributed by atoms with Crippen molar-refractivity contribution < 1.29 is 13.6 Å². The van der Waals surface area contributed by atoms with Crippen molar-refractivity contribution in [2.75, 3.05) is 5.32 Å². The quantitative estimate of drug-likeness (QED) is 0.880. The van der Waals surface area contributed by atoms with Gasteiger partial charge in [0.2, 0.25) is 0 Å². The van der Waals surface area contributed by atoms with Crippen LogP contribution in [0.4, 0.5) is 19.4 Å². The third kappa shape index (κ3) is 3.23. The summed E-state index contributed by atoms with van der Waals surface area (Å²) in [7, 11) is 0. The molecule has 2 saturated carbocycles. The second-order valence-corrected chi connectivity index (χ2v) is 6.88. The van der Waals surface area contributed by atoms with Gasteiger partial charge in [0.15, 0.2) is 0 Å². The Morgan fingerprint density at radius 2 is 2.00 bits per heavy atom. The maximum absolute atomic E-state index is 13.8. The fourth-order valence-corrected chi connectivity index (χ4v) is 3.50. The average Bonchev–Trinajstić information content (AvgIpc) is 2.89. The van der Waals surface area contributed by atoms with Crippen LogP contribution in [-0.2, 0) is 0 Å². The normalized spacial score (nSPS) is 22.8. The molecule has 1 aromatic carbocycles. The van der Waals surface area contributed by atoms with Gasteiger partial charge in [-0.15, -0.1) is 0 Å². The predicted octanol–water partition coefficient (Wildman–Crippen LogP) is 3.95. The average molecular weight is 346 g/mol. The lowest BCUT2D eigenvalue weighted by molar-refractivity contribution is 0.232. The number of aromatic nitrogens is 2. The lowest BCUT2D eigenvalue weighted by Gasteiger charge is -2.36. The summed E-state index contributed by atoms with van der Waals surface area (Å²) in [4.78, 5) is 12.2. The highest BCUT2D eigenvalue weighted by Gasteiger charge is 2.33. The van der Waals surface area contributed by atoms with E-state index in [9.17, 15) is 13.6 Å². The van der Waals surface area contributed by atoms with Gasteiger partial charge >= 0.3 is 6.03 Å². The number of benzene rings is 1. The molecule has 0 radical (unpaired) electrons. The Bertz CT molecular complexity index is 781. The van der Waals surface area contributed by atoms with Gasteiger partial charge in [-0.05, 0) is 49.7 Å². The summed E-state index contributed by atoms with van der Waals surface area (Å²) in [5.74, 6) is -0.371. The number of nitrogens with one attached hydrogen (secondary N) is 2. The molecule has 2 amide bonds. The molecule has 0 unspecified atom stereocenters. The second kappa shape index (κ2) is 6.46. The highest BCUT2D eigenvalue weighted by Crippen LogP contribution is 2.38. The number of hydrogen-bond donors (Lipinski definition) is 2. The van der Waals surface area contributed by atoms with Crippen LogP contribution in [0, 0.1) is 11.6 Å². The van der Waals surface area contributed by atoms with Crippen LogP contribution in [0.1, 0.15) is 49.6 Å². The third-order valence-electron chi connectivity index (χ3n) is 5.21. The number of rotatable bonds is 4. The van der Waals surface area contributed by atoms with E-state index in [-0.39, 0.29) is 18.0 Å². The molecule has 132 valence electrons. The number of urea groups is 1. The number of amides is 2. The summed E-state index contributed by atoms with van der Waals surface area (Å²) in [6.07, 6.45) is 6.36. The first-order chi connectivity index (χ1) is 12.1. The molecule has 0 spiro atoms. The van der Waals surface area contributed by atoms with Gasteiger partial charge in [0.05, 0.1) is 12.2 Å². The molecule has 2 aliphatic rings. The van der Waals surface area contributed by atoms with Gasteiger partial charge in [-0.2, -0.15) is 5.10 Å². The summed E-state index contributed by atoms with van der Waals surface area (Å²) in [6, 6.07) is 5.55. The molecule has 0 aliphatic heterocycles. The standard InChI is InChI=1S/C18H20F2N4O/c19-12-4-5-15(16(20)10-12)11-8-13(9-11)22-18(25)23-17-6-7-21-24(17)14-2-1-3-14/h4-7,10-11,13-14H,1-3,8-9H2,(H2,22,23,25). The molecular formula is C18H20F2N4O. The van der Waals surface area contributed by atoms with Crippen molar-refractivity contribution in [2.45, 2.75) is 50.1 Å². The van der Waals surface area contributed by atoms with Crippen molar-refractivity contribution in [1.29, 1.82) is 0 Å². The van der Waals surface area contributed by atoms with Gasteiger partial charge in [0.25, 0.3) is 0 Å². The second-order valence-electron chi connectivity index (χ2n) is 6.88. The number of hydrogen-bond acceptors (Lipinski definition) is 2. The molecule has 2 N–H and O–H groups in total. The fourth-order valence-electron chi connectivity index (χ4n) is 3.50. The zero-order valence-electron chi connectivity index (χ0n) is 13.7. The van der Waals surface area contributed by atoms with Gasteiger partial charge < -0.3 is 5.32 Å². The molecule has 2 aliphatic carbocycles. The van der Waals surface area contributed by atoms with E-state index in [0.29, 0.717) is 30.3 Å². The molecule has 4 rings (SSSR count). The van der Waals surface area contributed by atoms with E-state index < -0.39 is 11.6 Å². The topological polar surface area (TPSA) is 59.0 Å². The smallest absolute Gasteiger partial charge is 0.320 e. The van der Waals surface area contributed by atoms with Crippen LogP contribution in [0.2, 0.25) is 0 Å². The van der Waals surface area contributed by atoms with Crippen molar-refractivity contribution in [3.63, 3.8) is 0 Å². The molecule has 1 aromatic heterocycles. The molecular weight excluding hydrogens is 326 g/mol. The summed E-state index contributed by atoms with van der Waals surface area (Å²) in [5.41, 5.74) is 0.517. The van der Waals surface area contributed by atoms with Crippen molar-refractivity contribution in [2.24, 2.45) is 0 Å². The van der Waals surface area contributed by atoms with E-state index >= 15 is 0 Å². The summed E-state index contributed by atoms with van der Waals surface area (Å²) < 4.78 is 28.6. The number of nitrogens with zero attached hydrogens (tertiary/aromatic N) is 2. The minimum Gasteiger partial charge on any atom is -0.335 e. The molecule has 25 heavy (non-hydrogen) atoms. The zero-order chi connectivity index (χ0) is 17.4. The van der Waals surface area contributed by atoms with Crippen LogP contribution in [0.3, 0.4) is 0 Å². The van der Waals surface area contributed by atoms with E-state index in [2.05, 4.69) is 15.7 Å². The van der Waals surface area contributed by atoms with Crippen LogP contribution >= 0.6 is 0 Å². The van der Waals surface area contributed by atoms with Crippen LogP contribution in [0.15, 0.2) is 30.5 Å². The molecule has 0 bridgehead atoms. The Kier molecular flexibility index (Phi) is 4.15. The summed E-state index contributed by atoms with van der Waals surface area (Å²) in [5, 5.41) is 10.0. The van der Waals surface area contributed by atoms with Crippen LogP contribution in [0.5, 0.6) is 0 Å². The third-order valence-corrected chi connectivity index (χ3v) is 5.21. The molecule has 1 heterocycles. The molecule has 0 saturated heterocycles. The SMILES string of the molecule is O=C(Nc1ccnn1C1CCC1)NC1CC(c2ccc(F)cc2F)C1. The summed E-state index contributed by atoms with van der Waals surface area (Å²) >= 11 is 0. The first kappa shape index (κ1) is 16.1. The Labute approximate surface area is 144 Å². The van der Waals surface area contributed by atoms with Crippen molar-refractivity contribution in [3.8, 4) is 0 Å². The highest BCUT2D eigenvalue weighted by molar-refractivity contribution is 5.88. The molecule has 5 nitrogen and oxygen atoms in total. The molecule has 2 aromatic rings. The maximum Gasteiger partial charge on any atom is 0.320 e. The lowest BCUT2D eigenvalue weighted by atomic mass is 9.75. The van der Waals surface area contributed by atoms with Crippen molar-refractivity contribution in [3.05, 3.63) is 47.7 Å². The Morgan fingerprint density at radius 3 is 2.68 bits per heavy atom.